The van der Waals surface area contributed by atoms with Crippen LogP contribution in [-0.2, 0) is 16.1 Å². The van der Waals surface area contributed by atoms with E-state index in [1.54, 1.807) is 4.90 Å². The molecule has 0 aliphatic heterocycles. The van der Waals surface area contributed by atoms with E-state index < -0.39 is 6.04 Å². The van der Waals surface area contributed by atoms with Crippen LogP contribution in [0.3, 0.4) is 0 Å². The van der Waals surface area contributed by atoms with Crippen molar-refractivity contribution in [1.82, 2.24) is 10.2 Å². The van der Waals surface area contributed by atoms with Gasteiger partial charge in [-0.2, -0.15) is 0 Å². The Morgan fingerprint density at radius 3 is 2.32 bits per heavy atom. The van der Waals surface area contributed by atoms with Crippen molar-refractivity contribution >= 4 is 11.8 Å². The summed E-state index contributed by atoms with van der Waals surface area (Å²) in [7, 11) is 0. The Labute approximate surface area is 186 Å². The van der Waals surface area contributed by atoms with Gasteiger partial charge in [-0.3, -0.25) is 9.59 Å². The van der Waals surface area contributed by atoms with Crippen molar-refractivity contribution in [2.45, 2.75) is 72.0 Å². The monoisotopic (exact) mass is 424 g/mol. The predicted molar refractivity (Wildman–Crippen MR) is 125 cm³/mol. The topological polar surface area (TPSA) is 58.6 Å². The maximum Gasteiger partial charge on any atom is 0.243 e. The summed E-state index contributed by atoms with van der Waals surface area (Å²) in [5, 5.41) is 3.05. The molecule has 0 aromatic heterocycles. The lowest BCUT2D eigenvalue weighted by Gasteiger charge is -2.32. The summed E-state index contributed by atoms with van der Waals surface area (Å²) in [6, 6.07) is 17.2. The van der Waals surface area contributed by atoms with E-state index in [1.807, 2.05) is 82.3 Å². The van der Waals surface area contributed by atoms with Crippen LogP contribution >= 0.6 is 0 Å². The first-order valence-electron chi connectivity index (χ1n) is 11.3. The molecule has 2 aromatic carbocycles. The van der Waals surface area contributed by atoms with Crippen molar-refractivity contribution in [2.24, 2.45) is 0 Å². The third-order valence-corrected chi connectivity index (χ3v) is 5.54. The van der Waals surface area contributed by atoms with Gasteiger partial charge in [-0.15, -0.1) is 0 Å². The largest absolute Gasteiger partial charge is 0.494 e. The highest BCUT2D eigenvalue weighted by Crippen LogP contribution is 2.17. The van der Waals surface area contributed by atoms with Gasteiger partial charge in [0.15, 0.2) is 0 Å². The van der Waals surface area contributed by atoms with E-state index in [9.17, 15) is 9.59 Å². The van der Waals surface area contributed by atoms with Crippen LogP contribution in [0, 0.1) is 6.92 Å². The number of carbonyl (C=O) groups excluding carboxylic acids is 2. The van der Waals surface area contributed by atoms with Crippen LogP contribution in [0.5, 0.6) is 5.75 Å². The van der Waals surface area contributed by atoms with Gasteiger partial charge in [0.2, 0.25) is 11.8 Å². The first-order chi connectivity index (χ1) is 15.0. The minimum atomic E-state index is -0.490. The number of hydrogen-bond donors (Lipinski definition) is 1. The molecule has 2 atom stereocenters. The van der Waals surface area contributed by atoms with E-state index in [4.69, 9.17) is 4.74 Å². The van der Waals surface area contributed by atoms with E-state index in [1.165, 1.54) is 0 Å². The standard InChI is InChI=1S/C26H36N2O3/c1-5-21(4)27-26(30)24(6-2)28(19-22-14-11-10-13-20(22)3)25(29)17-12-18-31-23-15-8-7-9-16-23/h7-11,13-16,21,24H,5-6,12,17-19H2,1-4H3,(H,27,30)/t21-,24-/m1/s1. The minimum Gasteiger partial charge on any atom is -0.494 e. The molecule has 2 amide bonds. The van der Waals surface area contributed by atoms with Crippen molar-refractivity contribution in [3.63, 3.8) is 0 Å². The van der Waals surface area contributed by atoms with E-state index in [2.05, 4.69) is 5.32 Å². The third kappa shape index (κ3) is 7.74. The van der Waals surface area contributed by atoms with Crippen LogP contribution in [0.4, 0.5) is 0 Å². The lowest BCUT2D eigenvalue weighted by Crippen LogP contribution is -2.50. The number of carbonyl (C=O) groups is 2. The van der Waals surface area contributed by atoms with Crippen molar-refractivity contribution in [1.29, 1.82) is 0 Å². The van der Waals surface area contributed by atoms with Gasteiger partial charge in [-0.05, 0) is 56.4 Å². The molecule has 0 spiro atoms. The Bertz CT molecular complexity index is 822. The number of aryl methyl sites for hydroxylation is 1. The molecule has 5 nitrogen and oxygen atoms in total. The molecule has 0 radical (unpaired) electrons. The Kier molecular flexibility index (Phi) is 10.1. The fraction of sp³-hybridized carbons (Fsp3) is 0.462. The summed E-state index contributed by atoms with van der Waals surface area (Å²) in [4.78, 5) is 27.9. The lowest BCUT2D eigenvalue weighted by atomic mass is 10.0. The first-order valence-corrected chi connectivity index (χ1v) is 11.3. The van der Waals surface area contributed by atoms with Crippen LogP contribution in [-0.4, -0.2) is 35.4 Å². The van der Waals surface area contributed by atoms with Crippen molar-refractivity contribution in [3.8, 4) is 5.75 Å². The second-order valence-corrected chi connectivity index (χ2v) is 7.96. The highest BCUT2D eigenvalue weighted by atomic mass is 16.5. The van der Waals surface area contributed by atoms with Crippen molar-refractivity contribution < 1.29 is 14.3 Å². The average Bonchev–Trinajstić information content (AvgIpc) is 2.78. The second-order valence-electron chi connectivity index (χ2n) is 7.96. The van der Waals surface area contributed by atoms with Gasteiger partial charge >= 0.3 is 0 Å². The number of para-hydroxylation sites is 1. The van der Waals surface area contributed by atoms with Crippen LogP contribution in [0.15, 0.2) is 54.6 Å². The second kappa shape index (κ2) is 12.8. The van der Waals surface area contributed by atoms with Crippen LogP contribution < -0.4 is 10.1 Å². The molecule has 2 aromatic rings. The zero-order valence-electron chi connectivity index (χ0n) is 19.3. The summed E-state index contributed by atoms with van der Waals surface area (Å²) in [6.45, 7) is 8.90. The Morgan fingerprint density at radius 1 is 1.00 bits per heavy atom. The number of amides is 2. The molecule has 0 aliphatic carbocycles. The fourth-order valence-corrected chi connectivity index (χ4v) is 3.41. The molecule has 31 heavy (non-hydrogen) atoms. The Balaban J connectivity index is 2.08. The van der Waals surface area contributed by atoms with E-state index in [0.717, 1.165) is 23.3 Å². The van der Waals surface area contributed by atoms with Gasteiger partial charge in [0.05, 0.1) is 6.61 Å². The molecule has 168 valence electrons. The molecule has 0 fully saturated rings. The number of rotatable bonds is 12. The first kappa shape index (κ1) is 24.4. The zero-order valence-corrected chi connectivity index (χ0v) is 19.3. The predicted octanol–water partition coefficient (Wildman–Crippen LogP) is 4.88. The van der Waals surface area contributed by atoms with Crippen molar-refractivity contribution in [3.05, 3.63) is 65.7 Å². The molecule has 0 unspecified atom stereocenters. The molecule has 0 aliphatic rings. The lowest BCUT2D eigenvalue weighted by molar-refractivity contribution is -0.141. The third-order valence-electron chi connectivity index (χ3n) is 5.54. The number of nitrogens with one attached hydrogen (secondary N) is 1. The molecular weight excluding hydrogens is 388 g/mol. The van der Waals surface area contributed by atoms with E-state index in [0.29, 0.717) is 32.4 Å². The smallest absolute Gasteiger partial charge is 0.243 e. The number of hydrogen-bond acceptors (Lipinski definition) is 3. The molecule has 0 saturated heterocycles. The van der Waals surface area contributed by atoms with Gasteiger partial charge in [-0.25, -0.2) is 0 Å². The number of benzene rings is 2. The molecular formula is C26H36N2O3. The summed E-state index contributed by atoms with van der Waals surface area (Å²) < 4.78 is 5.72. The normalized spacial score (nSPS) is 12.6. The molecule has 0 heterocycles. The molecule has 1 N–H and O–H groups in total. The maximum absolute atomic E-state index is 13.2. The minimum absolute atomic E-state index is 0.0222. The van der Waals surface area contributed by atoms with Gasteiger partial charge in [-0.1, -0.05) is 56.3 Å². The summed E-state index contributed by atoms with van der Waals surface area (Å²) in [5.74, 6) is 0.691. The summed E-state index contributed by atoms with van der Waals surface area (Å²) >= 11 is 0. The fourth-order valence-electron chi connectivity index (χ4n) is 3.41. The van der Waals surface area contributed by atoms with Gasteiger partial charge in [0.1, 0.15) is 11.8 Å². The highest BCUT2D eigenvalue weighted by molar-refractivity contribution is 5.87. The summed E-state index contributed by atoms with van der Waals surface area (Å²) in [5.41, 5.74) is 2.18. The van der Waals surface area contributed by atoms with Crippen LogP contribution in [0.25, 0.3) is 0 Å². The molecule has 0 saturated carbocycles. The molecule has 0 bridgehead atoms. The summed E-state index contributed by atoms with van der Waals surface area (Å²) in [6.07, 6.45) is 2.36. The SMILES string of the molecule is CC[C@@H](C)NC(=O)[C@@H](CC)N(Cc1ccccc1C)C(=O)CCCOc1ccccc1. The van der Waals surface area contributed by atoms with Crippen molar-refractivity contribution in [2.75, 3.05) is 6.61 Å². The quantitative estimate of drug-likeness (QED) is 0.494. The van der Waals surface area contributed by atoms with E-state index >= 15 is 0 Å². The molecule has 2 rings (SSSR count). The highest BCUT2D eigenvalue weighted by Gasteiger charge is 2.29. The zero-order chi connectivity index (χ0) is 22.6. The van der Waals surface area contributed by atoms with Crippen LogP contribution in [0.2, 0.25) is 0 Å². The number of ether oxygens (including phenoxy) is 1. The molecule has 5 heteroatoms. The maximum atomic E-state index is 13.2. The average molecular weight is 425 g/mol. The van der Waals surface area contributed by atoms with Gasteiger partial charge in [0.25, 0.3) is 0 Å². The van der Waals surface area contributed by atoms with Crippen LogP contribution in [0.1, 0.15) is 57.6 Å². The van der Waals surface area contributed by atoms with E-state index in [-0.39, 0.29) is 17.9 Å². The van der Waals surface area contributed by atoms with Gasteiger partial charge in [0, 0.05) is 19.0 Å². The number of nitrogens with zero attached hydrogens (tertiary/aromatic N) is 1. The Morgan fingerprint density at radius 2 is 1.68 bits per heavy atom. The van der Waals surface area contributed by atoms with Gasteiger partial charge < -0.3 is 15.0 Å². The Hall–Kier alpha value is -2.82.